The lowest BCUT2D eigenvalue weighted by Gasteiger charge is -2.22. The molecule has 0 saturated carbocycles. The lowest BCUT2D eigenvalue weighted by molar-refractivity contribution is -0.145. The molecule has 2 rings (SSSR count). The molecule has 0 aromatic heterocycles. The molecular formula is C21H24N2O7. The minimum atomic E-state index is -1.54. The maximum absolute atomic E-state index is 12.6. The predicted molar refractivity (Wildman–Crippen MR) is 107 cm³/mol. The smallest absolute Gasteiger partial charge is 0.408 e. The molecule has 5 N–H and O–H groups in total. The third-order valence-electron chi connectivity index (χ3n) is 4.24. The van der Waals surface area contributed by atoms with Gasteiger partial charge in [0.25, 0.3) is 0 Å². The van der Waals surface area contributed by atoms with Crippen molar-refractivity contribution in [1.29, 1.82) is 0 Å². The highest BCUT2D eigenvalue weighted by atomic mass is 16.5. The molecular weight excluding hydrogens is 392 g/mol. The molecule has 9 nitrogen and oxygen atoms in total. The molecule has 0 saturated heterocycles. The van der Waals surface area contributed by atoms with Crippen LogP contribution in [0.5, 0.6) is 5.75 Å². The maximum Gasteiger partial charge on any atom is 0.408 e. The number of aromatic hydroxyl groups is 1. The Morgan fingerprint density at radius 2 is 1.60 bits per heavy atom. The van der Waals surface area contributed by atoms with Crippen LogP contribution in [0.15, 0.2) is 54.6 Å². The number of aliphatic hydroxyl groups excluding tert-OH is 1. The molecule has 0 spiro atoms. The zero-order valence-electron chi connectivity index (χ0n) is 16.3. The van der Waals surface area contributed by atoms with Gasteiger partial charge < -0.3 is 30.7 Å². The summed E-state index contributed by atoms with van der Waals surface area (Å²) in [4.78, 5) is 36.1. The lowest BCUT2D eigenvalue weighted by Crippen LogP contribution is -2.55. The molecule has 0 unspecified atom stereocenters. The van der Waals surface area contributed by atoms with E-state index in [0.29, 0.717) is 5.56 Å². The second-order valence-electron chi connectivity index (χ2n) is 6.69. The summed E-state index contributed by atoms with van der Waals surface area (Å²) in [7, 11) is 0. The molecule has 0 bridgehead atoms. The van der Waals surface area contributed by atoms with E-state index in [9.17, 15) is 29.7 Å². The van der Waals surface area contributed by atoms with Crippen LogP contribution < -0.4 is 10.6 Å². The van der Waals surface area contributed by atoms with E-state index in [1.807, 2.05) is 6.07 Å². The number of ether oxygens (including phenoxy) is 1. The molecule has 30 heavy (non-hydrogen) atoms. The van der Waals surface area contributed by atoms with E-state index in [1.165, 1.54) is 19.1 Å². The van der Waals surface area contributed by atoms with Gasteiger partial charge in [-0.25, -0.2) is 9.59 Å². The van der Waals surface area contributed by atoms with Gasteiger partial charge in [-0.05, 0) is 30.2 Å². The van der Waals surface area contributed by atoms with Crippen molar-refractivity contribution in [2.75, 3.05) is 0 Å². The zero-order valence-corrected chi connectivity index (χ0v) is 16.3. The number of hydrogen-bond acceptors (Lipinski definition) is 6. The Hall–Kier alpha value is -3.59. The van der Waals surface area contributed by atoms with Crippen molar-refractivity contribution in [3.05, 3.63) is 65.7 Å². The number of phenols is 1. The van der Waals surface area contributed by atoms with Crippen LogP contribution in [0, 0.1) is 0 Å². The number of nitrogens with one attached hydrogen (secondary N) is 2. The van der Waals surface area contributed by atoms with E-state index in [-0.39, 0.29) is 18.8 Å². The molecule has 0 heterocycles. The van der Waals surface area contributed by atoms with E-state index in [0.717, 1.165) is 5.56 Å². The van der Waals surface area contributed by atoms with E-state index in [2.05, 4.69) is 10.6 Å². The Bertz CT molecular complexity index is 853. The van der Waals surface area contributed by atoms with E-state index < -0.39 is 36.2 Å². The van der Waals surface area contributed by atoms with Crippen LogP contribution in [0.4, 0.5) is 4.79 Å². The highest BCUT2D eigenvalue weighted by Crippen LogP contribution is 2.12. The quantitative estimate of drug-likeness (QED) is 0.413. The van der Waals surface area contributed by atoms with Crippen LogP contribution in [-0.4, -0.2) is 51.5 Å². The predicted octanol–water partition coefficient (Wildman–Crippen LogP) is 1.18. The molecule has 0 aliphatic carbocycles. The number of aliphatic carboxylic acids is 1. The second kappa shape index (κ2) is 10.8. The molecule has 9 heteroatoms. The SMILES string of the molecule is C[C@@H](O)[C@H](NC(=O)[C@H](Cc1ccc(O)cc1)NC(=O)OCc1ccccc1)C(=O)O. The minimum absolute atomic E-state index is 0.00829. The number of rotatable bonds is 9. The Labute approximate surface area is 173 Å². The van der Waals surface area contributed by atoms with Crippen LogP contribution >= 0.6 is 0 Å². The molecule has 2 aromatic rings. The number of aliphatic hydroxyl groups is 1. The van der Waals surface area contributed by atoms with Gasteiger partial charge in [0.2, 0.25) is 5.91 Å². The monoisotopic (exact) mass is 416 g/mol. The van der Waals surface area contributed by atoms with Crippen LogP contribution in [0.1, 0.15) is 18.1 Å². The fourth-order valence-electron chi connectivity index (χ4n) is 2.63. The number of alkyl carbamates (subject to hydrolysis) is 1. The first-order valence-corrected chi connectivity index (χ1v) is 9.22. The standard InChI is InChI=1S/C21H24N2O7/c1-13(24)18(20(27)28)23-19(26)17(11-14-7-9-16(25)10-8-14)22-21(29)30-12-15-5-3-2-4-6-15/h2-10,13,17-18,24-25H,11-12H2,1H3,(H,22,29)(H,23,26)(H,27,28)/t13-,17+,18+/m1/s1. The Morgan fingerprint density at radius 1 is 0.967 bits per heavy atom. The van der Waals surface area contributed by atoms with E-state index >= 15 is 0 Å². The summed E-state index contributed by atoms with van der Waals surface area (Å²) >= 11 is 0. The molecule has 0 aliphatic rings. The number of carboxylic acids is 1. The Balaban J connectivity index is 2.09. The van der Waals surface area contributed by atoms with Crippen molar-refractivity contribution >= 4 is 18.0 Å². The number of hydrogen-bond donors (Lipinski definition) is 5. The van der Waals surface area contributed by atoms with Crippen molar-refractivity contribution in [2.24, 2.45) is 0 Å². The topological polar surface area (TPSA) is 145 Å². The lowest BCUT2D eigenvalue weighted by atomic mass is 10.0. The fourth-order valence-corrected chi connectivity index (χ4v) is 2.63. The molecule has 0 radical (unpaired) electrons. The average Bonchev–Trinajstić information content (AvgIpc) is 2.71. The van der Waals surface area contributed by atoms with E-state index in [4.69, 9.17) is 4.74 Å². The molecule has 160 valence electrons. The van der Waals surface area contributed by atoms with Gasteiger partial charge >= 0.3 is 12.1 Å². The summed E-state index contributed by atoms with van der Waals surface area (Å²) in [5.41, 5.74) is 1.37. The number of phenolic OH excluding ortho intramolecular Hbond substituents is 1. The van der Waals surface area contributed by atoms with Gasteiger partial charge in [-0.2, -0.15) is 0 Å². The first kappa shape index (κ1) is 22.7. The van der Waals surface area contributed by atoms with Crippen molar-refractivity contribution in [3.8, 4) is 5.75 Å². The van der Waals surface area contributed by atoms with Crippen molar-refractivity contribution in [3.63, 3.8) is 0 Å². The summed E-state index contributed by atoms with van der Waals surface area (Å²) < 4.78 is 5.13. The zero-order chi connectivity index (χ0) is 22.1. The number of carboxylic acid groups (broad SMARTS) is 1. The number of amides is 2. The fraction of sp³-hybridized carbons (Fsp3) is 0.286. The summed E-state index contributed by atoms with van der Waals surface area (Å²) in [6.07, 6.45) is -2.19. The van der Waals surface area contributed by atoms with Crippen molar-refractivity contribution < 1.29 is 34.4 Å². The number of benzene rings is 2. The summed E-state index contributed by atoms with van der Waals surface area (Å²) in [5.74, 6) is -2.17. The molecule has 2 aromatic carbocycles. The highest BCUT2D eigenvalue weighted by Gasteiger charge is 2.30. The third kappa shape index (κ3) is 7.10. The normalized spacial score (nSPS) is 13.5. The van der Waals surface area contributed by atoms with Crippen LogP contribution in [-0.2, 0) is 27.4 Å². The van der Waals surface area contributed by atoms with Gasteiger partial charge in [0.15, 0.2) is 6.04 Å². The average molecular weight is 416 g/mol. The van der Waals surface area contributed by atoms with E-state index in [1.54, 1.807) is 36.4 Å². The summed E-state index contributed by atoms with van der Waals surface area (Å²) in [5, 5.41) is 32.8. The van der Waals surface area contributed by atoms with Gasteiger partial charge in [0, 0.05) is 6.42 Å². The molecule has 2 amide bonds. The van der Waals surface area contributed by atoms with Crippen LogP contribution in [0.2, 0.25) is 0 Å². The van der Waals surface area contributed by atoms with Crippen LogP contribution in [0.25, 0.3) is 0 Å². The third-order valence-corrected chi connectivity index (χ3v) is 4.24. The highest BCUT2D eigenvalue weighted by molar-refractivity contribution is 5.89. The number of carbonyl (C=O) groups is 3. The Morgan fingerprint density at radius 3 is 2.17 bits per heavy atom. The molecule has 3 atom stereocenters. The van der Waals surface area contributed by atoms with Crippen molar-refractivity contribution in [1.82, 2.24) is 10.6 Å². The molecule has 0 fully saturated rings. The van der Waals surface area contributed by atoms with Crippen molar-refractivity contribution in [2.45, 2.75) is 38.1 Å². The first-order chi connectivity index (χ1) is 14.3. The Kier molecular flexibility index (Phi) is 8.18. The largest absolute Gasteiger partial charge is 0.508 e. The van der Waals surface area contributed by atoms with Gasteiger partial charge in [-0.3, -0.25) is 4.79 Å². The summed E-state index contributed by atoms with van der Waals surface area (Å²) in [6, 6.07) is 12.2. The minimum Gasteiger partial charge on any atom is -0.508 e. The summed E-state index contributed by atoms with van der Waals surface area (Å²) in [6.45, 7) is 1.22. The van der Waals surface area contributed by atoms with Gasteiger partial charge in [0.1, 0.15) is 18.4 Å². The second-order valence-corrected chi connectivity index (χ2v) is 6.69. The number of carbonyl (C=O) groups excluding carboxylic acids is 2. The van der Waals surface area contributed by atoms with Gasteiger partial charge in [-0.15, -0.1) is 0 Å². The van der Waals surface area contributed by atoms with Gasteiger partial charge in [0.05, 0.1) is 6.10 Å². The van der Waals surface area contributed by atoms with Gasteiger partial charge in [-0.1, -0.05) is 42.5 Å². The first-order valence-electron chi connectivity index (χ1n) is 9.22. The van der Waals surface area contributed by atoms with Crippen LogP contribution in [0.3, 0.4) is 0 Å². The molecule has 0 aliphatic heterocycles. The maximum atomic E-state index is 12.6.